The smallest absolute Gasteiger partial charge is 0.156 e. The van der Waals surface area contributed by atoms with Crippen molar-refractivity contribution in [1.82, 2.24) is 0 Å². The van der Waals surface area contributed by atoms with Crippen LogP contribution < -0.4 is 0 Å². The Labute approximate surface area is 67.9 Å². The molecular formula is C8H13O2S. The van der Waals surface area contributed by atoms with Crippen molar-refractivity contribution in [1.29, 1.82) is 0 Å². The van der Waals surface area contributed by atoms with Gasteiger partial charge in [0.25, 0.3) is 0 Å². The number of hydrogen-bond acceptors (Lipinski definition) is 2. The maximum absolute atomic E-state index is 11.6. The second-order valence-corrected chi connectivity index (χ2v) is 5.94. The SMILES string of the molecule is O=S(=O)(C1[CH]CCC1)C1CC1. The van der Waals surface area contributed by atoms with Gasteiger partial charge in [-0.15, -0.1) is 0 Å². The zero-order valence-electron chi connectivity index (χ0n) is 6.49. The molecule has 11 heavy (non-hydrogen) atoms. The van der Waals surface area contributed by atoms with Crippen LogP contribution in [0.25, 0.3) is 0 Å². The van der Waals surface area contributed by atoms with Crippen LogP contribution in [0.3, 0.4) is 0 Å². The minimum Gasteiger partial charge on any atom is -0.228 e. The van der Waals surface area contributed by atoms with E-state index in [9.17, 15) is 8.42 Å². The van der Waals surface area contributed by atoms with Gasteiger partial charge in [0.1, 0.15) is 0 Å². The summed E-state index contributed by atoms with van der Waals surface area (Å²) < 4.78 is 23.1. The Kier molecular flexibility index (Phi) is 1.71. The molecule has 63 valence electrons. The van der Waals surface area contributed by atoms with Gasteiger partial charge in [-0.3, -0.25) is 0 Å². The van der Waals surface area contributed by atoms with Gasteiger partial charge in [-0.2, -0.15) is 0 Å². The molecule has 0 aromatic carbocycles. The lowest BCUT2D eigenvalue weighted by molar-refractivity contribution is 0.585. The summed E-state index contributed by atoms with van der Waals surface area (Å²) in [5.41, 5.74) is 0. The summed E-state index contributed by atoms with van der Waals surface area (Å²) in [4.78, 5) is 0. The van der Waals surface area contributed by atoms with E-state index >= 15 is 0 Å². The fourth-order valence-corrected chi connectivity index (χ4v) is 3.87. The molecule has 0 amide bonds. The molecule has 2 saturated carbocycles. The van der Waals surface area contributed by atoms with Crippen LogP contribution in [-0.2, 0) is 9.84 Å². The zero-order valence-corrected chi connectivity index (χ0v) is 7.31. The molecule has 2 rings (SSSR count). The molecule has 2 nitrogen and oxygen atoms in total. The van der Waals surface area contributed by atoms with Gasteiger partial charge in [-0.1, -0.05) is 6.42 Å². The van der Waals surface area contributed by atoms with Crippen molar-refractivity contribution >= 4 is 9.84 Å². The highest BCUT2D eigenvalue weighted by molar-refractivity contribution is 7.93. The van der Waals surface area contributed by atoms with Gasteiger partial charge in [-0.25, -0.2) is 8.42 Å². The molecule has 3 heteroatoms. The van der Waals surface area contributed by atoms with E-state index in [1.807, 2.05) is 6.42 Å². The summed E-state index contributed by atoms with van der Waals surface area (Å²) in [5.74, 6) is 0. The fourth-order valence-electron chi connectivity index (χ4n) is 1.68. The monoisotopic (exact) mass is 173 g/mol. The van der Waals surface area contributed by atoms with Crippen LogP contribution in [0.1, 0.15) is 32.1 Å². The van der Waals surface area contributed by atoms with Gasteiger partial charge in [0, 0.05) is 0 Å². The minimum atomic E-state index is -2.72. The fraction of sp³-hybridized carbons (Fsp3) is 0.875. The van der Waals surface area contributed by atoms with E-state index in [0.29, 0.717) is 0 Å². The van der Waals surface area contributed by atoms with Crippen molar-refractivity contribution in [3.05, 3.63) is 6.42 Å². The highest BCUT2D eigenvalue weighted by Crippen LogP contribution is 2.36. The third-order valence-corrected chi connectivity index (χ3v) is 5.21. The van der Waals surface area contributed by atoms with Crippen LogP contribution in [0.4, 0.5) is 0 Å². The molecule has 0 heterocycles. The Morgan fingerprint density at radius 3 is 2.36 bits per heavy atom. The molecule has 0 spiro atoms. The van der Waals surface area contributed by atoms with E-state index < -0.39 is 9.84 Å². The number of hydrogen-bond donors (Lipinski definition) is 0. The van der Waals surface area contributed by atoms with E-state index in [0.717, 1.165) is 32.1 Å². The van der Waals surface area contributed by atoms with Crippen LogP contribution in [0.5, 0.6) is 0 Å². The maximum atomic E-state index is 11.6. The third kappa shape index (κ3) is 1.31. The van der Waals surface area contributed by atoms with Crippen LogP contribution in [0.15, 0.2) is 0 Å². The minimum absolute atomic E-state index is 0.0295. The first-order valence-corrected chi connectivity index (χ1v) is 5.88. The van der Waals surface area contributed by atoms with Crippen molar-refractivity contribution in [3.63, 3.8) is 0 Å². The van der Waals surface area contributed by atoms with E-state index in [-0.39, 0.29) is 10.5 Å². The summed E-state index contributed by atoms with van der Waals surface area (Å²) in [7, 11) is -2.72. The quantitative estimate of drug-likeness (QED) is 0.631. The molecule has 0 bridgehead atoms. The van der Waals surface area contributed by atoms with Gasteiger partial charge in [0.05, 0.1) is 10.5 Å². The Hall–Kier alpha value is -0.0500. The highest BCUT2D eigenvalue weighted by atomic mass is 32.2. The Balaban J connectivity index is 2.12. The molecule has 1 atom stereocenters. The molecule has 0 aromatic heterocycles. The van der Waals surface area contributed by atoms with Gasteiger partial charge in [0.15, 0.2) is 9.84 Å². The van der Waals surface area contributed by atoms with Crippen LogP contribution in [-0.4, -0.2) is 18.9 Å². The van der Waals surface area contributed by atoms with E-state index in [2.05, 4.69) is 0 Å². The van der Waals surface area contributed by atoms with Crippen molar-refractivity contribution in [2.45, 2.75) is 42.6 Å². The highest BCUT2D eigenvalue weighted by Gasteiger charge is 2.41. The predicted octanol–water partition coefficient (Wildman–Crippen LogP) is 1.32. The van der Waals surface area contributed by atoms with Gasteiger partial charge >= 0.3 is 0 Å². The van der Waals surface area contributed by atoms with Crippen LogP contribution in [0, 0.1) is 6.42 Å². The molecule has 0 saturated heterocycles. The standard InChI is InChI=1S/C8H13O2S/c9-11(10,8-5-6-8)7-3-1-2-4-7/h3,7-8H,1-2,4-6H2. The van der Waals surface area contributed by atoms with Gasteiger partial charge in [-0.05, 0) is 32.1 Å². The first kappa shape index (κ1) is 7.59. The molecule has 2 aliphatic rings. The summed E-state index contributed by atoms with van der Waals surface area (Å²) >= 11 is 0. The van der Waals surface area contributed by atoms with E-state index in [1.54, 1.807) is 0 Å². The molecule has 2 fully saturated rings. The summed E-state index contributed by atoms with van der Waals surface area (Å²) in [6.45, 7) is 0. The Morgan fingerprint density at radius 2 is 1.91 bits per heavy atom. The van der Waals surface area contributed by atoms with E-state index in [1.165, 1.54) is 0 Å². The lowest BCUT2D eigenvalue weighted by Gasteiger charge is -2.08. The predicted molar refractivity (Wildman–Crippen MR) is 43.9 cm³/mol. The summed E-state index contributed by atoms with van der Waals surface area (Å²) in [6.07, 6.45) is 6.74. The van der Waals surface area contributed by atoms with E-state index in [4.69, 9.17) is 0 Å². The average Bonchev–Trinajstić information content (AvgIpc) is 2.66. The maximum Gasteiger partial charge on any atom is 0.156 e. The third-order valence-electron chi connectivity index (χ3n) is 2.53. The Bertz CT molecular complexity index is 233. The number of rotatable bonds is 2. The lowest BCUT2D eigenvalue weighted by atomic mass is 10.4. The van der Waals surface area contributed by atoms with Gasteiger partial charge in [0.2, 0.25) is 0 Å². The van der Waals surface area contributed by atoms with Crippen LogP contribution >= 0.6 is 0 Å². The zero-order chi connectivity index (χ0) is 7.90. The summed E-state index contributed by atoms with van der Waals surface area (Å²) in [6, 6.07) is 0. The second kappa shape index (κ2) is 2.47. The summed E-state index contributed by atoms with van der Waals surface area (Å²) in [5, 5.41) is -0.0585. The first-order valence-electron chi connectivity index (χ1n) is 4.27. The molecule has 1 radical (unpaired) electrons. The molecule has 0 N–H and O–H groups in total. The van der Waals surface area contributed by atoms with Crippen molar-refractivity contribution in [2.24, 2.45) is 0 Å². The lowest BCUT2D eigenvalue weighted by Crippen LogP contribution is -2.21. The first-order chi connectivity index (χ1) is 5.21. The normalized spacial score (nSPS) is 27.6. The van der Waals surface area contributed by atoms with Crippen molar-refractivity contribution in [2.75, 3.05) is 0 Å². The van der Waals surface area contributed by atoms with Crippen molar-refractivity contribution in [3.8, 4) is 0 Å². The molecule has 1 unspecified atom stereocenters. The molecule has 2 aliphatic carbocycles. The number of sulfone groups is 1. The topological polar surface area (TPSA) is 34.1 Å². The van der Waals surface area contributed by atoms with Crippen LogP contribution in [0.2, 0.25) is 0 Å². The Morgan fingerprint density at radius 1 is 1.18 bits per heavy atom. The molecule has 0 aliphatic heterocycles. The average molecular weight is 173 g/mol. The molecular weight excluding hydrogens is 160 g/mol. The molecule has 0 aromatic rings. The second-order valence-electron chi connectivity index (χ2n) is 3.49. The van der Waals surface area contributed by atoms with Gasteiger partial charge < -0.3 is 0 Å². The van der Waals surface area contributed by atoms with Crippen molar-refractivity contribution < 1.29 is 8.42 Å². The largest absolute Gasteiger partial charge is 0.228 e.